The van der Waals surface area contributed by atoms with Crippen LogP contribution in [0.4, 0.5) is 4.39 Å². The van der Waals surface area contributed by atoms with Crippen LogP contribution in [0.3, 0.4) is 0 Å². The zero-order valence-corrected chi connectivity index (χ0v) is 9.09. The second kappa shape index (κ2) is 5.68. The van der Waals surface area contributed by atoms with Gasteiger partial charge >= 0.3 is 0 Å². The summed E-state index contributed by atoms with van der Waals surface area (Å²) in [5, 5.41) is 3.18. The molecule has 0 saturated heterocycles. The van der Waals surface area contributed by atoms with E-state index in [9.17, 15) is 4.39 Å². The Morgan fingerprint density at radius 3 is 2.80 bits per heavy atom. The molecule has 15 heavy (non-hydrogen) atoms. The third kappa shape index (κ3) is 3.49. The Kier molecular flexibility index (Phi) is 4.52. The molecule has 0 aliphatic carbocycles. The minimum Gasteiger partial charge on any atom is -0.494 e. The maximum atomic E-state index is 13.3. The average Bonchev–Trinajstić information content (AvgIpc) is 2.26. The van der Waals surface area contributed by atoms with Crippen molar-refractivity contribution in [3.63, 3.8) is 0 Å². The summed E-state index contributed by atoms with van der Waals surface area (Å²) < 4.78 is 18.1. The molecule has 84 valence electrons. The molecule has 1 aromatic rings. The van der Waals surface area contributed by atoms with Crippen molar-refractivity contribution in [3.05, 3.63) is 29.6 Å². The highest BCUT2D eigenvalue weighted by Crippen LogP contribution is 2.17. The molecule has 0 aliphatic heterocycles. The van der Waals surface area contributed by atoms with Crippen LogP contribution < -0.4 is 15.8 Å². The van der Waals surface area contributed by atoms with Crippen molar-refractivity contribution in [3.8, 4) is 5.75 Å². The third-order valence-corrected chi connectivity index (χ3v) is 2.22. The van der Waals surface area contributed by atoms with Crippen LogP contribution in [0.5, 0.6) is 5.75 Å². The maximum absolute atomic E-state index is 13.3. The number of nitrogens with one attached hydrogen (secondary N) is 1. The number of rotatable bonds is 5. The molecule has 0 amide bonds. The molecule has 0 radical (unpaired) electrons. The summed E-state index contributed by atoms with van der Waals surface area (Å²) in [6.07, 6.45) is 0. The van der Waals surface area contributed by atoms with Gasteiger partial charge in [0.1, 0.15) is 0 Å². The van der Waals surface area contributed by atoms with Crippen LogP contribution in [0.15, 0.2) is 18.2 Å². The minimum atomic E-state index is -0.336. The number of hydrogen-bond acceptors (Lipinski definition) is 3. The standard InChI is InChI=1S/C11H17FN2O/c1-8(6-13)14-7-9-3-4-11(15-2)10(12)5-9/h3-5,8,14H,6-7,13H2,1-2H3/t8-/m0/s1. The lowest BCUT2D eigenvalue weighted by atomic mass is 10.2. The highest BCUT2D eigenvalue weighted by atomic mass is 19.1. The van der Waals surface area contributed by atoms with Crippen molar-refractivity contribution in [1.29, 1.82) is 0 Å². The molecule has 1 rings (SSSR count). The summed E-state index contributed by atoms with van der Waals surface area (Å²) in [7, 11) is 1.45. The third-order valence-electron chi connectivity index (χ3n) is 2.22. The number of nitrogens with two attached hydrogens (primary N) is 1. The van der Waals surface area contributed by atoms with E-state index in [2.05, 4.69) is 5.32 Å². The number of ether oxygens (including phenoxy) is 1. The van der Waals surface area contributed by atoms with Gasteiger partial charge < -0.3 is 15.8 Å². The van der Waals surface area contributed by atoms with Crippen LogP contribution in [0.25, 0.3) is 0 Å². The van der Waals surface area contributed by atoms with Crippen molar-refractivity contribution < 1.29 is 9.13 Å². The average molecular weight is 212 g/mol. The molecule has 0 heterocycles. The molecular formula is C11H17FN2O. The van der Waals surface area contributed by atoms with E-state index in [1.54, 1.807) is 6.07 Å². The van der Waals surface area contributed by atoms with Gasteiger partial charge in [-0.25, -0.2) is 4.39 Å². The Balaban J connectivity index is 2.59. The number of halogens is 1. The van der Waals surface area contributed by atoms with Gasteiger partial charge in [0.25, 0.3) is 0 Å². The first kappa shape index (κ1) is 11.9. The monoisotopic (exact) mass is 212 g/mol. The van der Waals surface area contributed by atoms with Crippen LogP contribution in [0, 0.1) is 5.82 Å². The molecule has 0 bridgehead atoms. The van der Waals surface area contributed by atoms with Gasteiger partial charge in [-0.1, -0.05) is 6.07 Å². The highest BCUT2D eigenvalue weighted by molar-refractivity contribution is 5.29. The molecule has 0 aromatic heterocycles. The van der Waals surface area contributed by atoms with Crippen molar-refractivity contribution in [2.75, 3.05) is 13.7 Å². The molecule has 1 aromatic carbocycles. The minimum absolute atomic E-state index is 0.232. The molecule has 0 unspecified atom stereocenters. The van der Waals surface area contributed by atoms with E-state index in [1.807, 2.05) is 13.0 Å². The zero-order valence-electron chi connectivity index (χ0n) is 9.09. The predicted molar refractivity (Wildman–Crippen MR) is 58.3 cm³/mol. The topological polar surface area (TPSA) is 47.3 Å². The van der Waals surface area contributed by atoms with Crippen LogP contribution in [-0.4, -0.2) is 19.7 Å². The van der Waals surface area contributed by atoms with Gasteiger partial charge in [0, 0.05) is 19.1 Å². The van der Waals surface area contributed by atoms with Crippen molar-refractivity contribution >= 4 is 0 Å². The van der Waals surface area contributed by atoms with Crippen LogP contribution in [-0.2, 0) is 6.54 Å². The van der Waals surface area contributed by atoms with E-state index >= 15 is 0 Å². The highest BCUT2D eigenvalue weighted by Gasteiger charge is 2.04. The first-order valence-electron chi connectivity index (χ1n) is 4.93. The van der Waals surface area contributed by atoms with Crippen molar-refractivity contribution in [2.45, 2.75) is 19.5 Å². The number of hydrogen-bond donors (Lipinski definition) is 2. The zero-order chi connectivity index (χ0) is 11.3. The fourth-order valence-electron chi connectivity index (χ4n) is 1.20. The van der Waals surface area contributed by atoms with Crippen molar-refractivity contribution in [1.82, 2.24) is 5.32 Å². The molecule has 0 fully saturated rings. The molecule has 1 atom stereocenters. The fourth-order valence-corrected chi connectivity index (χ4v) is 1.20. The van der Waals surface area contributed by atoms with Crippen LogP contribution >= 0.6 is 0 Å². The van der Waals surface area contributed by atoms with Gasteiger partial charge in [-0.3, -0.25) is 0 Å². The molecule has 4 heteroatoms. The molecule has 3 N–H and O–H groups in total. The molecule has 0 spiro atoms. The van der Waals surface area contributed by atoms with Gasteiger partial charge in [-0.2, -0.15) is 0 Å². The van der Waals surface area contributed by atoms with Crippen molar-refractivity contribution in [2.24, 2.45) is 5.73 Å². The Morgan fingerprint density at radius 2 is 2.27 bits per heavy atom. The van der Waals surface area contributed by atoms with E-state index in [1.165, 1.54) is 13.2 Å². The largest absolute Gasteiger partial charge is 0.494 e. The molecule has 3 nitrogen and oxygen atoms in total. The second-order valence-electron chi connectivity index (χ2n) is 3.49. The summed E-state index contributed by atoms with van der Waals surface area (Å²) in [5.74, 6) is -0.0668. The lowest BCUT2D eigenvalue weighted by Gasteiger charge is -2.11. The summed E-state index contributed by atoms with van der Waals surface area (Å²) >= 11 is 0. The summed E-state index contributed by atoms with van der Waals surface area (Å²) in [6.45, 7) is 3.16. The van der Waals surface area contributed by atoms with Gasteiger partial charge in [-0.05, 0) is 24.6 Å². The lowest BCUT2D eigenvalue weighted by Crippen LogP contribution is -2.32. The first-order chi connectivity index (χ1) is 7.17. The Hall–Kier alpha value is -1.13. The predicted octanol–water partition coefficient (Wildman–Crippen LogP) is 1.27. The van der Waals surface area contributed by atoms with E-state index in [0.717, 1.165) is 5.56 Å². The quantitative estimate of drug-likeness (QED) is 0.772. The lowest BCUT2D eigenvalue weighted by molar-refractivity contribution is 0.386. The van der Waals surface area contributed by atoms with Gasteiger partial charge in [0.2, 0.25) is 0 Å². The summed E-state index contributed by atoms with van der Waals surface area (Å²) in [6, 6.07) is 5.15. The van der Waals surface area contributed by atoms with Gasteiger partial charge in [0.15, 0.2) is 11.6 Å². The Morgan fingerprint density at radius 1 is 1.53 bits per heavy atom. The van der Waals surface area contributed by atoms with E-state index in [4.69, 9.17) is 10.5 Å². The number of benzene rings is 1. The normalized spacial score (nSPS) is 12.5. The summed E-state index contributed by atoms with van der Waals surface area (Å²) in [5.41, 5.74) is 6.34. The van der Waals surface area contributed by atoms with Gasteiger partial charge in [-0.15, -0.1) is 0 Å². The summed E-state index contributed by atoms with van der Waals surface area (Å²) in [4.78, 5) is 0. The smallest absolute Gasteiger partial charge is 0.165 e. The molecular weight excluding hydrogens is 195 g/mol. The SMILES string of the molecule is COc1ccc(CN[C@@H](C)CN)cc1F. The Bertz CT molecular complexity index is 317. The fraction of sp³-hybridized carbons (Fsp3) is 0.455. The van der Waals surface area contributed by atoms with E-state index in [0.29, 0.717) is 13.1 Å². The van der Waals surface area contributed by atoms with Crippen LogP contribution in [0.2, 0.25) is 0 Å². The van der Waals surface area contributed by atoms with E-state index < -0.39 is 0 Å². The molecule has 0 aliphatic rings. The second-order valence-corrected chi connectivity index (χ2v) is 3.49. The van der Waals surface area contributed by atoms with Gasteiger partial charge in [0.05, 0.1) is 7.11 Å². The first-order valence-corrected chi connectivity index (χ1v) is 4.93. The number of methoxy groups -OCH3 is 1. The van der Waals surface area contributed by atoms with Crippen LogP contribution in [0.1, 0.15) is 12.5 Å². The Labute approximate surface area is 89.4 Å². The maximum Gasteiger partial charge on any atom is 0.165 e. The molecule has 0 saturated carbocycles. The van der Waals surface area contributed by atoms with E-state index in [-0.39, 0.29) is 17.6 Å².